The number of hydrogen-bond donors (Lipinski definition) is 1. The summed E-state index contributed by atoms with van der Waals surface area (Å²) in [6.45, 7) is 2.28. The lowest BCUT2D eigenvalue weighted by molar-refractivity contribution is -0.120. The van der Waals surface area contributed by atoms with Crippen LogP contribution in [0, 0.1) is 6.92 Å². The number of carbonyl (C=O) groups is 1. The zero-order chi connectivity index (χ0) is 16.1. The van der Waals surface area contributed by atoms with E-state index < -0.39 is 0 Å². The molecule has 0 aliphatic heterocycles. The summed E-state index contributed by atoms with van der Waals surface area (Å²) in [4.78, 5) is 22.6. The highest BCUT2D eigenvalue weighted by Gasteiger charge is 2.08. The van der Waals surface area contributed by atoms with Crippen LogP contribution in [0.2, 0.25) is 5.02 Å². The van der Waals surface area contributed by atoms with Gasteiger partial charge in [0.1, 0.15) is 0 Å². The highest BCUT2D eigenvalue weighted by molar-refractivity contribution is 6.31. The fourth-order valence-electron chi connectivity index (χ4n) is 1.97. The Morgan fingerprint density at radius 1 is 1.27 bits per heavy atom. The monoisotopic (exact) mass is 318 g/mol. The third-order valence-corrected chi connectivity index (χ3v) is 3.44. The largest absolute Gasteiger partial charge is 0.350 e. The molecule has 0 saturated carbocycles. The van der Waals surface area contributed by atoms with E-state index in [9.17, 15) is 4.79 Å². The summed E-state index contributed by atoms with van der Waals surface area (Å²) in [5.41, 5.74) is 2.47. The van der Waals surface area contributed by atoms with Crippen LogP contribution in [0.1, 0.15) is 17.0 Å². The molecule has 1 amide bonds. The van der Waals surface area contributed by atoms with Crippen LogP contribution in [0.15, 0.2) is 30.3 Å². The molecule has 2 aromatic rings. The zero-order valence-electron chi connectivity index (χ0n) is 12.9. The van der Waals surface area contributed by atoms with E-state index in [1.165, 1.54) is 0 Å². The van der Waals surface area contributed by atoms with Crippen LogP contribution in [0.3, 0.4) is 0 Å². The lowest BCUT2D eigenvalue weighted by atomic mass is 10.1. The molecule has 116 valence electrons. The van der Waals surface area contributed by atoms with Crippen molar-refractivity contribution in [3.63, 3.8) is 0 Å². The van der Waals surface area contributed by atoms with E-state index in [-0.39, 0.29) is 12.3 Å². The molecule has 0 aliphatic rings. The molecule has 0 aliphatic carbocycles. The van der Waals surface area contributed by atoms with Gasteiger partial charge >= 0.3 is 0 Å². The number of amides is 1. The van der Waals surface area contributed by atoms with Gasteiger partial charge in [-0.15, -0.1) is 0 Å². The molecule has 1 N–H and O–H groups in total. The SMILES string of the molecule is Cc1cc(CNC(=O)Cc2ccccc2Cl)nc(N(C)C)n1. The number of nitrogens with zero attached hydrogens (tertiary/aromatic N) is 3. The topological polar surface area (TPSA) is 58.1 Å². The van der Waals surface area contributed by atoms with Crippen LogP contribution >= 0.6 is 11.6 Å². The van der Waals surface area contributed by atoms with Crippen LogP contribution in [-0.2, 0) is 17.8 Å². The first-order valence-corrected chi connectivity index (χ1v) is 7.35. The van der Waals surface area contributed by atoms with E-state index >= 15 is 0 Å². The molecule has 22 heavy (non-hydrogen) atoms. The lowest BCUT2D eigenvalue weighted by Crippen LogP contribution is -2.25. The standard InChI is InChI=1S/C16H19ClN4O/c1-11-8-13(20-16(19-11)21(2)3)10-18-15(22)9-12-6-4-5-7-14(12)17/h4-8H,9-10H2,1-3H3,(H,18,22). The summed E-state index contributed by atoms with van der Waals surface area (Å²) in [5, 5.41) is 3.46. The Balaban J connectivity index is 1.98. The Hall–Kier alpha value is -2.14. The average molecular weight is 319 g/mol. The average Bonchev–Trinajstić information content (AvgIpc) is 2.47. The van der Waals surface area contributed by atoms with Crippen molar-refractivity contribution in [2.75, 3.05) is 19.0 Å². The summed E-state index contributed by atoms with van der Waals surface area (Å²) >= 11 is 6.06. The van der Waals surface area contributed by atoms with E-state index in [0.717, 1.165) is 17.0 Å². The third-order valence-electron chi connectivity index (χ3n) is 3.07. The van der Waals surface area contributed by atoms with Gasteiger partial charge in [-0.25, -0.2) is 9.97 Å². The minimum absolute atomic E-state index is 0.0873. The minimum Gasteiger partial charge on any atom is -0.350 e. The van der Waals surface area contributed by atoms with Crippen molar-refractivity contribution >= 4 is 23.5 Å². The molecule has 2 rings (SSSR count). The highest BCUT2D eigenvalue weighted by atomic mass is 35.5. The van der Waals surface area contributed by atoms with E-state index in [1.807, 2.05) is 50.2 Å². The Morgan fingerprint density at radius 3 is 2.68 bits per heavy atom. The van der Waals surface area contributed by atoms with Gasteiger partial charge in [-0.3, -0.25) is 4.79 Å². The van der Waals surface area contributed by atoms with Crippen LogP contribution in [0.4, 0.5) is 5.95 Å². The Kier molecular flexibility index (Phi) is 5.33. The van der Waals surface area contributed by atoms with E-state index in [2.05, 4.69) is 15.3 Å². The van der Waals surface area contributed by atoms with Crippen LogP contribution in [0.25, 0.3) is 0 Å². The number of hydrogen-bond acceptors (Lipinski definition) is 4. The predicted molar refractivity (Wildman–Crippen MR) is 88.1 cm³/mol. The zero-order valence-corrected chi connectivity index (χ0v) is 13.7. The number of halogens is 1. The van der Waals surface area contributed by atoms with Gasteiger partial charge in [-0.05, 0) is 24.6 Å². The summed E-state index contributed by atoms with van der Waals surface area (Å²) in [6.07, 6.45) is 0.254. The molecule has 0 fully saturated rings. The Morgan fingerprint density at radius 2 is 2.00 bits per heavy atom. The smallest absolute Gasteiger partial charge is 0.225 e. The Bertz CT molecular complexity index is 673. The number of aromatic nitrogens is 2. The molecule has 0 radical (unpaired) electrons. The van der Waals surface area contributed by atoms with Crippen molar-refractivity contribution in [3.05, 3.63) is 52.3 Å². The second-order valence-electron chi connectivity index (χ2n) is 5.24. The quantitative estimate of drug-likeness (QED) is 0.919. The van der Waals surface area contributed by atoms with Crippen LogP contribution in [-0.4, -0.2) is 30.0 Å². The van der Waals surface area contributed by atoms with Crippen molar-refractivity contribution in [1.29, 1.82) is 0 Å². The normalized spacial score (nSPS) is 10.4. The van der Waals surface area contributed by atoms with Gasteiger partial charge in [-0.2, -0.15) is 0 Å². The number of carbonyl (C=O) groups excluding carboxylic acids is 1. The predicted octanol–water partition coefficient (Wildman–Crippen LogP) is 2.36. The van der Waals surface area contributed by atoms with Crippen molar-refractivity contribution in [2.24, 2.45) is 0 Å². The molecule has 0 saturated heterocycles. The van der Waals surface area contributed by atoms with Gasteiger partial charge in [0.25, 0.3) is 0 Å². The molecular weight excluding hydrogens is 300 g/mol. The van der Waals surface area contributed by atoms with Gasteiger partial charge in [0.15, 0.2) is 0 Å². The molecular formula is C16H19ClN4O. The second-order valence-corrected chi connectivity index (χ2v) is 5.65. The number of nitrogens with one attached hydrogen (secondary N) is 1. The first-order valence-electron chi connectivity index (χ1n) is 6.97. The van der Waals surface area contributed by atoms with Crippen molar-refractivity contribution in [1.82, 2.24) is 15.3 Å². The van der Waals surface area contributed by atoms with E-state index in [1.54, 1.807) is 6.07 Å². The number of rotatable bonds is 5. The maximum Gasteiger partial charge on any atom is 0.225 e. The summed E-state index contributed by atoms with van der Waals surface area (Å²) in [6, 6.07) is 9.20. The van der Waals surface area contributed by atoms with Gasteiger partial charge in [0.05, 0.1) is 18.7 Å². The number of benzene rings is 1. The number of anilines is 1. The first-order chi connectivity index (χ1) is 10.5. The van der Waals surface area contributed by atoms with Crippen molar-refractivity contribution in [3.8, 4) is 0 Å². The van der Waals surface area contributed by atoms with Crippen molar-refractivity contribution in [2.45, 2.75) is 19.9 Å². The van der Waals surface area contributed by atoms with Crippen LogP contribution in [0.5, 0.6) is 0 Å². The van der Waals surface area contributed by atoms with E-state index in [4.69, 9.17) is 11.6 Å². The fraction of sp³-hybridized carbons (Fsp3) is 0.312. The number of aryl methyl sites for hydroxylation is 1. The minimum atomic E-state index is -0.0873. The van der Waals surface area contributed by atoms with Gasteiger partial charge in [0.2, 0.25) is 11.9 Å². The Labute approximate surface area is 135 Å². The molecule has 1 aromatic carbocycles. The molecule has 0 atom stereocenters. The maximum atomic E-state index is 12.0. The molecule has 6 heteroatoms. The van der Waals surface area contributed by atoms with E-state index in [0.29, 0.717) is 17.5 Å². The van der Waals surface area contributed by atoms with Crippen LogP contribution < -0.4 is 10.2 Å². The van der Waals surface area contributed by atoms with Crippen molar-refractivity contribution < 1.29 is 4.79 Å². The fourth-order valence-corrected chi connectivity index (χ4v) is 2.18. The summed E-state index contributed by atoms with van der Waals surface area (Å²) < 4.78 is 0. The lowest BCUT2D eigenvalue weighted by Gasteiger charge is -2.13. The molecule has 0 spiro atoms. The van der Waals surface area contributed by atoms with Gasteiger partial charge in [-0.1, -0.05) is 29.8 Å². The first kappa shape index (κ1) is 16.2. The molecule has 1 aromatic heterocycles. The highest BCUT2D eigenvalue weighted by Crippen LogP contribution is 2.15. The summed E-state index contributed by atoms with van der Waals surface area (Å²) in [7, 11) is 3.77. The summed E-state index contributed by atoms with van der Waals surface area (Å²) in [5.74, 6) is 0.547. The molecule has 0 unspecified atom stereocenters. The van der Waals surface area contributed by atoms with Gasteiger partial charge in [0, 0.05) is 24.8 Å². The maximum absolute atomic E-state index is 12.0. The van der Waals surface area contributed by atoms with Gasteiger partial charge < -0.3 is 10.2 Å². The second kappa shape index (κ2) is 7.22. The molecule has 5 nitrogen and oxygen atoms in total. The molecule has 1 heterocycles. The molecule has 0 bridgehead atoms. The third kappa shape index (κ3) is 4.43.